The summed E-state index contributed by atoms with van der Waals surface area (Å²) in [5.41, 5.74) is -6.31. The molecule has 9 heteroatoms. The van der Waals surface area contributed by atoms with E-state index in [1.54, 1.807) is 0 Å². The zero-order valence-electron chi connectivity index (χ0n) is 9.23. The quantitative estimate of drug-likeness (QED) is 0.821. The second kappa shape index (κ2) is 4.86. The molecule has 0 spiro atoms. The summed E-state index contributed by atoms with van der Waals surface area (Å²) in [7, 11) is 1.20. The molecule has 0 aromatic heterocycles. The van der Waals surface area contributed by atoms with Crippen LogP contribution in [0.3, 0.4) is 0 Å². The maximum absolute atomic E-state index is 12.6. The Hall–Kier alpha value is -0.960. The number of methoxy groups -OCH3 is 1. The molecule has 0 saturated carbocycles. The molecule has 0 radical (unpaired) electrons. The molecule has 0 aliphatic rings. The van der Waals surface area contributed by atoms with E-state index < -0.39 is 28.0 Å². The lowest BCUT2D eigenvalue weighted by atomic mass is 9.92. The van der Waals surface area contributed by atoms with Gasteiger partial charge in [0.1, 0.15) is 5.75 Å². The van der Waals surface area contributed by atoms with Gasteiger partial charge in [0.15, 0.2) is 0 Å². The van der Waals surface area contributed by atoms with Crippen LogP contribution < -0.4 is 4.74 Å². The van der Waals surface area contributed by atoms with Gasteiger partial charge in [-0.3, -0.25) is 0 Å². The number of rotatable bonds is 2. The number of alkyl halides is 6. The fourth-order valence-corrected chi connectivity index (χ4v) is 2.03. The molecule has 1 aromatic rings. The monoisotopic (exact) mass is 352 g/mol. The van der Waals surface area contributed by atoms with Crippen LogP contribution in [-0.2, 0) is 5.60 Å². The van der Waals surface area contributed by atoms with Gasteiger partial charge in [-0.2, -0.15) is 26.3 Å². The van der Waals surface area contributed by atoms with E-state index in [0.29, 0.717) is 6.07 Å². The number of hydrogen-bond donors (Lipinski definition) is 1. The van der Waals surface area contributed by atoms with Crippen molar-refractivity contribution < 1.29 is 36.2 Å². The standard InChI is InChI=1S/C10H7BrF6O2/c1-19-5-2-3-6(7(11)4-5)8(18,9(12,13)14)10(15,16)17/h2-4,18H,1H3. The molecule has 0 bridgehead atoms. The number of halogens is 7. The van der Waals surface area contributed by atoms with Gasteiger partial charge in [0.05, 0.1) is 7.11 Å². The summed E-state index contributed by atoms with van der Waals surface area (Å²) < 4.78 is 79.9. The van der Waals surface area contributed by atoms with Crippen molar-refractivity contribution in [2.45, 2.75) is 18.0 Å². The average Bonchev–Trinajstić information content (AvgIpc) is 2.24. The van der Waals surface area contributed by atoms with E-state index in [4.69, 9.17) is 0 Å². The highest BCUT2D eigenvalue weighted by Crippen LogP contribution is 2.52. The largest absolute Gasteiger partial charge is 0.497 e. The Bertz CT molecular complexity index is 454. The molecule has 2 nitrogen and oxygen atoms in total. The normalized spacial score (nSPS) is 13.5. The Balaban J connectivity index is 3.52. The first-order valence-electron chi connectivity index (χ1n) is 4.65. The zero-order valence-corrected chi connectivity index (χ0v) is 10.8. The van der Waals surface area contributed by atoms with Crippen LogP contribution >= 0.6 is 15.9 Å². The van der Waals surface area contributed by atoms with Gasteiger partial charge in [0.25, 0.3) is 5.60 Å². The third-order valence-electron chi connectivity index (χ3n) is 2.39. The molecule has 108 valence electrons. The lowest BCUT2D eigenvalue weighted by molar-refractivity contribution is -0.376. The van der Waals surface area contributed by atoms with Crippen molar-refractivity contribution in [1.29, 1.82) is 0 Å². The third kappa shape index (κ3) is 2.66. The lowest BCUT2D eigenvalue weighted by Gasteiger charge is -2.33. The van der Waals surface area contributed by atoms with Gasteiger partial charge in [-0.15, -0.1) is 0 Å². The highest BCUT2D eigenvalue weighted by Gasteiger charge is 2.71. The van der Waals surface area contributed by atoms with Crippen molar-refractivity contribution in [3.05, 3.63) is 28.2 Å². The van der Waals surface area contributed by atoms with Gasteiger partial charge in [-0.25, -0.2) is 0 Å². The zero-order chi connectivity index (χ0) is 15.1. The molecular formula is C10H7BrF6O2. The SMILES string of the molecule is COc1ccc(C(O)(C(F)(F)F)C(F)(F)F)c(Br)c1. The summed E-state index contributed by atoms with van der Waals surface area (Å²) in [5.74, 6) is 0.0438. The lowest BCUT2D eigenvalue weighted by Crippen LogP contribution is -2.54. The Morgan fingerprint density at radius 3 is 1.84 bits per heavy atom. The van der Waals surface area contributed by atoms with Crippen LogP contribution in [0.2, 0.25) is 0 Å². The first-order valence-corrected chi connectivity index (χ1v) is 5.44. The summed E-state index contributed by atoms with van der Waals surface area (Å²) in [6, 6.07) is 2.30. The van der Waals surface area contributed by atoms with Crippen LogP contribution in [0.25, 0.3) is 0 Å². The second-order valence-corrected chi connectivity index (χ2v) is 4.41. The van der Waals surface area contributed by atoms with Gasteiger partial charge >= 0.3 is 12.4 Å². The Morgan fingerprint density at radius 1 is 1.05 bits per heavy atom. The van der Waals surface area contributed by atoms with E-state index in [2.05, 4.69) is 20.7 Å². The van der Waals surface area contributed by atoms with Crippen LogP contribution in [0.4, 0.5) is 26.3 Å². The first kappa shape index (κ1) is 16.1. The third-order valence-corrected chi connectivity index (χ3v) is 3.04. The number of hydrogen-bond acceptors (Lipinski definition) is 2. The van der Waals surface area contributed by atoms with Crippen molar-refractivity contribution in [3.8, 4) is 5.75 Å². The van der Waals surface area contributed by atoms with Crippen molar-refractivity contribution in [1.82, 2.24) is 0 Å². The summed E-state index contributed by atoms with van der Waals surface area (Å²) in [6.45, 7) is 0. The maximum Gasteiger partial charge on any atom is 0.430 e. The molecule has 1 N–H and O–H groups in total. The van der Waals surface area contributed by atoms with Gasteiger partial charge in [-0.1, -0.05) is 22.0 Å². The summed E-state index contributed by atoms with van der Waals surface area (Å²) in [6.07, 6.45) is -11.8. The molecule has 0 atom stereocenters. The Kier molecular flexibility index (Phi) is 4.12. The molecule has 0 fully saturated rings. The van der Waals surface area contributed by atoms with Crippen LogP contribution in [-0.4, -0.2) is 24.6 Å². The number of benzene rings is 1. The number of aliphatic hydroxyl groups is 1. The van der Waals surface area contributed by atoms with Crippen LogP contribution in [0.15, 0.2) is 22.7 Å². The minimum absolute atomic E-state index is 0.0438. The van der Waals surface area contributed by atoms with Crippen LogP contribution in [0.1, 0.15) is 5.56 Å². The Morgan fingerprint density at radius 2 is 1.53 bits per heavy atom. The van der Waals surface area contributed by atoms with Crippen molar-refractivity contribution in [2.24, 2.45) is 0 Å². The Labute approximate surface area is 112 Å². The van der Waals surface area contributed by atoms with E-state index in [1.807, 2.05) is 0 Å². The van der Waals surface area contributed by atoms with E-state index in [0.717, 1.165) is 12.1 Å². The predicted octanol–water partition coefficient (Wildman–Crippen LogP) is 3.77. The highest BCUT2D eigenvalue weighted by atomic mass is 79.9. The minimum Gasteiger partial charge on any atom is -0.497 e. The molecule has 19 heavy (non-hydrogen) atoms. The van der Waals surface area contributed by atoms with Crippen LogP contribution in [0, 0.1) is 0 Å². The van der Waals surface area contributed by atoms with Gasteiger partial charge in [0, 0.05) is 10.0 Å². The van der Waals surface area contributed by atoms with Crippen molar-refractivity contribution in [3.63, 3.8) is 0 Å². The molecule has 1 rings (SSSR count). The smallest absolute Gasteiger partial charge is 0.430 e. The molecule has 0 unspecified atom stereocenters. The minimum atomic E-state index is -5.91. The van der Waals surface area contributed by atoms with E-state index in [-0.39, 0.29) is 5.75 Å². The van der Waals surface area contributed by atoms with Crippen LogP contribution in [0.5, 0.6) is 5.75 Å². The van der Waals surface area contributed by atoms with Gasteiger partial charge in [0.2, 0.25) is 0 Å². The number of ether oxygens (including phenoxy) is 1. The van der Waals surface area contributed by atoms with Gasteiger partial charge < -0.3 is 9.84 Å². The predicted molar refractivity (Wildman–Crippen MR) is 56.7 cm³/mol. The summed E-state index contributed by atoms with van der Waals surface area (Å²) in [4.78, 5) is 0. The van der Waals surface area contributed by atoms with Gasteiger partial charge in [-0.05, 0) is 12.1 Å². The molecule has 1 aromatic carbocycles. The molecule has 0 aliphatic heterocycles. The summed E-state index contributed by atoms with van der Waals surface area (Å²) in [5, 5.41) is 9.18. The fraction of sp³-hybridized carbons (Fsp3) is 0.400. The topological polar surface area (TPSA) is 29.5 Å². The van der Waals surface area contributed by atoms with E-state index in [1.165, 1.54) is 7.11 Å². The molecule has 0 aliphatic carbocycles. The highest BCUT2D eigenvalue weighted by molar-refractivity contribution is 9.10. The molecule has 0 saturated heterocycles. The first-order chi connectivity index (χ1) is 8.45. The van der Waals surface area contributed by atoms with E-state index >= 15 is 0 Å². The van der Waals surface area contributed by atoms with Crippen molar-refractivity contribution in [2.75, 3.05) is 7.11 Å². The maximum atomic E-state index is 12.6. The molecule has 0 amide bonds. The van der Waals surface area contributed by atoms with E-state index in [9.17, 15) is 31.4 Å². The molecular weight excluding hydrogens is 346 g/mol. The summed E-state index contributed by atoms with van der Waals surface area (Å²) >= 11 is 2.57. The molecule has 0 heterocycles. The second-order valence-electron chi connectivity index (χ2n) is 3.55. The fourth-order valence-electron chi connectivity index (χ4n) is 1.38. The average molecular weight is 353 g/mol. The van der Waals surface area contributed by atoms with Crippen molar-refractivity contribution >= 4 is 15.9 Å².